The van der Waals surface area contributed by atoms with E-state index in [-0.39, 0.29) is 5.54 Å². The van der Waals surface area contributed by atoms with E-state index in [4.69, 9.17) is 0 Å². The summed E-state index contributed by atoms with van der Waals surface area (Å²) in [6.07, 6.45) is 6.03. The fraction of sp³-hybridized carbons (Fsp3) is 0.867. The van der Waals surface area contributed by atoms with E-state index in [2.05, 4.69) is 54.4 Å². The molecule has 1 aliphatic heterocycles. The van der Waals surface area contributed by atoms with Crippen LogP contribution in [0.4, 0.5) is 0 Å². The molecule has 1 aromatic heterocycles. The molecule has 1 aliphatic rings. The van der Waals surface area contributed by atoms with Crippen LogP contribution in [0.5, 0.6) is 0 Å². The quantitative estimate of drug-likeness (QED) is 0.865. The average Bonchev–Trinajstić information content (AvgIpc) is 3.01. The van der Waals surface area contributed by atoms with Gasteiger partial charge in [-0.2, -0.15) is 0 Å². The number of nitrogens with zero attached hydrogens (tertiary/aromatic N) is 4. The number of hydrogen-bond acceptors (Lipinski definition) is 4. The Kier molecular flexibility index (Phi) is 5.16. The molecule has 5 heteroatoms. The van der Waals surface area contributed by atoms with E-state index in [1.54, 1.807) is 0 Å². The maximum absolute atomic E-state index is 4.24. The fourth-order valence-electron chi connectivity index (χ4n) is 2.77. The lowest BCUT2D eigenvalue weighted by atomic mass is 10.1. The molecule has 1 saturated heterocycles. The fourth-order valence-corrected chi connectivity index (χ4v) is 2.77. The maximum Gasteiger partial charge on any atom is 0.0965 e. The Balaban J connectivity index is 1.78. The first kappa shape index (κ1) is 15.4. The first-order chi connectivity index (χ1) is 9.48. The third kappa shape index (κ3) is 4.56. The molecule has 1 fully saturated rings. The topological polar surface area (TPSA) is 46.0 Å². The number of nitrogens with one attached hydrogen (secondary N) is 1. The van der Waals surface area contributed by atoms with Gasteiger partial charge in [0.25, 0.3) is 0 Å². The predicted molar refractivity (Wildman–Crippen MR) is 81.5 cm³/mol. The summed E-state index contributed by atoms with van der Waals surface area (Å²) in [6.45, 7) is 12.8. The van der Waals surface area contributed by atoms with Crippen LogP contribution in [0.1, 0.15) is 52.7 Å². The summed E-state index contributed by atoms with van der Waals surface area (Å²) in [4.78, 5) is 2.59. The van der Waals surface area contributed by atoms with E-state index in [9.17, 15) is 0 Å². The molecule has 1 atom stereocenters. The summed E-state index contributed by atoms with van der Waals surface area (Å²) >= 11 is 0. The van der Waals surface area contributed by atoms with E-state index in [0.717, 1.165) is 31.4 Å². The molecule has 0 radical (unpaired) electrons. The molecular weight excluding hydrogens is 250 g/mol. The van der Waals surface area contributed by atoms with Crippen LogP contribution in [0.2, 0.25) is 0 Å². The molecule has 0 aromatic carbocycles. The molecule has 0 spiro atoms. The van der Waals surface area contributed by atoms with Crippen molar-refractivity contribution in [2.24, 2.45) is 0 Å². The Morgan fingerprint density at radius 2 is 2.15 bits per heavy atom. The van der Waals surface area contributed by atoms with Gasteiger partial charge in [0.15, 0.2) is 0 Å². The number of aromatic nitrogens is 3. The Morgan fingerprint density at radius 1 is 1.35 bits per heavy atom. The van der Waals surface area contributed by atoms with Gasteiger partial charge in [0, 0.05) is 30.9 Å². The summed E-state index contributed by atoms with van der Waals surface area (Å²) in [5, 5.41) is 11.9. The van der Waals surface area contributed by atoms with E-state index in [1.807, 2.05) is 4.68 Å². The van der Waals surface area contributed by atoms with Gasteiger partial charge >= 0.3 is 0 Å². The number of likely N-dealkylation sites (tertiary alicyclic amines) is 1. The highest BCUT2D eigenvalue weighted by Gasteiger charge is 2.22. The molecule has 2 rings (SSSR count). The van der Waals surface area contributed by atoms with Gasteiger partial charge in [0.2, 0.25) is 0 Å². The third-order valence-corrected chi connectivity index (χ3v) is 3.97. The van der Waals surface area contributed by atoms with E-state index in [0.29, 0.717) is 0 Å². The summed E-state index contributed by atoms with van der Waals surface area (Å²) in [5.41, 5.74) is 1.14. The van der Waals surface area contributed by atoms with Gasteiger partial charge < -0.3 is 5.32 Å². The van der Waals surface area contributed by atoms with Crippen LogP contribution in [0.25, 0.3) is 0 Å². The highest BCUT2D eigenvalue weighted by atomic mass is 15.4. The largest absolute Gasteiger partial charge is 0.306 e. The molecule has 2 heterocycles. The third-order valence-electron chi connectivity index (χ3n) is 3.97. The molecular formula is C15H29N5. The molecule has 5 nitrogen and oxygen atoms in total. The maximum atomic E-state index is 4.24. The lowest BCUT2D eigenvalue weighted by Gasteiger charge is -2.22. The van der Waals surface area contributed by atoms with E-state index < -0.39 is 0 Å². The second-order valence-electron chi connectivity index (χ2n) is 6.82. The minimum absolute atomic E-state index is 0.119. The first-order valence-corrected chi connectivity index (χ1v) is 7.86. The van der Waals surface area contributed by atoms with Crippen molar-refractivity contribution in [3.8, 4) is 0 Å². The van der Waals surface area contributed by atoms with Crippen molar-refractivity contribution >= 4 is 0 Å². The van der Waals surface area contributed by atoms with Crippen LogP contribution in [-0.2, 0) is 13.1 Å². The lowest BCUT2D eigenvalue weighted by molar-refractivity contribution is 0.234. The van der Waals surface area contributed by atoms with Crippen LogP contribution < -0.4 is 5.32 Å². The summed E-state index contributed by atoms with van der Waals surface area (Å²) in [5.74, 6) is 0. The molecule has 1 aromatic rings. The zero-order chi connectivity index (χ0) is 14.6. The van der Waals surface area contributed by atoms with E-state index in [1.165, 1.54) is 25.8 Å². The summed E-state index contributed by atoms with van der Waals surface area (Å²) in [7, 11) is 0. The van der Waals surface area contributed by atoms with Crippen LogP contribution >= 0.6 is 0 Å². The van der Waals surface area contributed by atoms with Crippen LogP contribution in [0.15, 0.2) is 6.20 Å². The smallest absolute Gasteiger partial charge is 0.0965 e. The van der Waals surface area contributed by atoms with Crippen LogP contribution in [0, 0.1) is 0 Å². The predicted octanol–water partition coefficient (Wildman–Crippen LogP) is 2.04. The standard InChI is InChI=1S/C15H29N5/c1-5-14-7-6-8-19(14)9-10-20-12-13(17-18-20)11-16-15(2,3)4/h12,14,16H,5-11H2,1-4H3. The molecule has 0 aliphatic carbocycles. The van der Waals surface area contributed by atoms with Gasteiger partial charge in [-0.15, -0.1) is 5.10 Å². The minimum Gasteiger partial charge on any atom is -0.306 e. The van der Waals surface area contributed by atoms with Crippen LogP contribution in [0.3, 0.4) is 0 Å². The summed E-state index contributed by atoms with van der Waals surface area (Å²) < 4.78 is 1.98. The normalized spacial score (nSPS) is 20.7. The molecule has 20 heavy (non-hydrogen) atoms. The number of rotatable bonds is 6. The highest BCUT2D eigenvalue weighted by Crippen LogP contribution is 2.19. The van der Waals surface area contributed by atoms with Crippen molar-refractivity contribution in [1.29, 1.82) is 0 Å². The SMILES string of the molecule is CCC1CCCN1CCn1cc(CNC(C)(C)C)nn1. The van der Waals surface area contributed by atoms with Crippen LogP contribution in [-0.4, -0.2) is 44.6 Å². The van der Waals surface area contributed by atoms with Gasteiger partial charge in [-0.3, -0.25) is 9.58 Å². The molecule has 0 amide bonds. The monoisotopic (exact) mass is 279 g/mol. The van der Waals surface area contributed by atoms with Gasteiger partial charge in [-0.1, -0.05) is 12.1 Å². The lowest BCUT2D eigenvalue weighted by Crippen LogP contribution is -2.35. The molecule has 1 unspecified atom stereocenters. The van der Waals surface area contributed by atoms with Gasteiger partial charge in [0.05, 0.1) is 12.2 Å². The second-order valence-corrected chi connectivity index (χ2v) is 6.82. The van der Waals surface area contributed by atoms with Crippen molar-refractivity contribution in [3.05, 3.63) is 11.9 Å². The molecule has 0 saturated carbocycles. The van der Waals surface area contributed by atoms with Crippen molar-refractivity contribution in [3.63, 3.8) is 0 Å². The molecule has 1 N–H and O–H groups in total. The van der Waals surface area contributed by atoms with Crippen molar-refractivity contribution in [2.75, 3.05) is 13.1 Å². The minimum atomic E-state index is 0.119. The molecule has 0 bridgehead atoms. The Labute approximate surface area is 122 Å². The zero-order valence-corrected chi connectivity index (χ0v) is 13.4. The average molecular weight is 279 g/mol. The van der Waals surface area contributed by atoms with Gasteiger partial charge in [-0.25, -0.2) is 0 Å². The van der Waals surface area contributed by atoms with Crippen molar-refractivity contribution in [2.45, 2.75) is 71.6 Å². The van der Waals surface area contributed by atoms with Gasteiger partial charge in [-0.05, 0) is 46.6 Å². The zero-order valence-electron chi connectivity index (χ0n) is 13.4. The number of hydrogen-bond donors (Lipinski definition) is 1. The van der Waals surface area contributed by atoms with Gasteiger partial charge in [0.1, 0.15) is 0 Å². The Bertz CT molecular complexity index is 407. The first-order valence-electron chi connectivity index (χ1n) is 7.86. The highest BCUT2D eigenvalue weighted by molar-refractivity contribution is 4.93. The Morgan fingerprint density at radius 3 is 2.85 bits per heavy atom. The Hall–Kier alpha value is -0.940. The second kappa shape index (κ2) is 6.68. The van der Waals surface area contributed by atoms with Crippen molar-refractivity contribution < 1.29 is 0 Å². The molecule has 114 valence electrons. The summed E-state index contributed by atoms with van der Waals surface area (Å²) in [6, 6.07) is 0.778. The van der Waals surface area contributed by atoms with E-state index >= 15 is 0 Å². The van der Waals surface area contributed by atoms with Crippen molar-refractivity contribution in [1.82, 2.24) is 25.2 Å².